The van der Waals surface area contributed by atoms with Crippen LogP contribution in [0.25, 0.3) is 10.8 Å². The lowest BCUT2D eigenvalue weighted by atomic mass is 9.95. The van der Waals surface area contributed by atoms with Crippen molar-refractivity contribution in [2.24, 2.45) is 11.7 Å². The first-order valence-corrected chi connectivity index (χ1v) is 6.12. The van der Waals surface area contributed by atoms with Crippen molar-refractivity contribution >= 4 is 10.8 Å². The van der Waals surface area contributed by atoms with Gasteiger partial charge in [-0.15, -0.1) is 0 Å². The summed E-state index contributed by atoms with van der Waals surface area (Å²) in [6, 6.07) is 12.6. The molecule has 2 aromatic rings. The van der Waals surface area contributed by atoms with Gasteiger partial charge in [-0.1, -0.05) is 30.3 Å². The van der Waals surface area contributed by atoms with Crippen LogP contribution in [0.1, 0.15) is 24.4 Å². The van der Waals surface area contributed by atoms with Gasteiger partial charge in [0.05, 0.1) is 7.11 Å². The number of nitrogens with two attached hydrogens (primary N) is 1. The molecular weight excluding hydrogens is 210 g/mol. The molecule has 0 aliphatic heterocycles. The van der Waals surface area contributed by atoms with Crippen molar-refractivity contribution in [3.63, 3.8) is 0 Å². The molecular formula is C15H17NO. The quantitative estimate of drug-likeness (QED) is 0.873. The van der Waals surface area contributed by atoms with E-state index in [1.165, 1.54) is 29.2 Å². The SMILES string of the molecule is COc1ccc2ccccc2c1C(N)C1CC1. The zero-order valence-electron chi connectivity index (χ0n) is 10.0. The molecule has 88 valence electrons. The minimum absolute atomic E-state index is 0.107. The number of benzene rings is 2. The summed E-state index contributed by atoms with van der Waals surface area (Å²) in [5.41, 5.74) is 7.54. The molecule has 17 heavy (non-hydrogen) atoms. The Morgan fingerprint density at radius 2 is 1.94 bits per heavy atom. The van der Waals surface area contributed by atoms with Gasteiger partial charge in [-0.25, -0.2) is 0 Å². The van der Waals surface area contributed by atoms with Crippen LogP contribution in [0, 0.1) is 5.92 Å². The van der Waals surface area contributed by atoms with Gasteiger partial charge in [0.2, 0.25) is 0 Å². The van der Waals surface area contributed by atoms with Crippen LogP contribution in [0.3, 0.4) is 0 Å². The largest absolute Gasteiger partial charge is 0.496 e. The van der Waals surface area contributed by atoms with Crippen molar-refractivity contribution in [3.05, 3.63) is 42.0 Å². The molecule has 0 saturated heterocycles. The smallest absolute Gasteiger partial charge is 0.124 e. The topological polar surface area (TPSA) is 35.2 Å². The average molecular weight is 227 g/mol. The molecule has 1 unspecified atom stereocenters. The van der Waals surface area contributed by atoms with E-state index in [0.29, 0.717) is 5.92 Å². The van der Waals surface area contributed by atoms with Crippen LogP contribution in [-0.2, 0) is 0 Å². The van der Waals surface area contributed by atoms with Crippen molar-refractivity contribution in [1.82, 2.24) is 0 Å². The van der Waals surface area contributed by atoms with Gasteiger partial charge in [0, 0.05) is 11.6 Å². The summed E-state index contributed by atoms with van der Waals surface area (Å²) in [5.74, 6) is 1.55. The summed E-state index contributed by atoms with van der Waals surface area (Å²) >= 11 is 0. The summed E-state index contributed by atoms with van der Waals surface area (Å²) in [5, 5.41) is 2.46. The normalized spacial score (nSPS) is 17.1. The molecule has 1 aliphatic carbocycles. The summed E-state index contributed by atoms with van der Waals surface area (Å²) in [4.78, 5) is 0. The van der Waals surface area contributed by atoms with Crippen LogP contribution in [0.5, 0.6) is 5.75 Å². The Labute approximate surface area is 101 Å². The van der Waals surface area contributed by atoms with E-state index >= 15 is 0 Å². The average Bonchev–Trinajstić information content (AvgIpc) is 3.20. The molecule has 2 N–H and O–H groups in total. The fourth-order valence-corrected chi connectivity index (χ4v) is 2.49. The molecule has 2 nitrogen and oxygen atoms in total. The molecule has 0 heterocycles. The first-order chi connectivity index (χ1) is 8.31. The van der Waals surface area contributed by atoms with E-state index < -0.39 is 0 Å². The lowest BCUT2D eigenvalue weighted by molar-refractivity contribution is 0.404. The zero-order valence-corrected chi connectivity index (χ0v) is 10.0. The van der Waals surface area contributed by atoms with Gasteiger partial charge in [0.15, 0.2) is 0 Å². The number of hydrogen-bond acceptors (Lipinski definition) is 2. The zero-order chi connectivity index (χ0) is 11.8. The van der Waals surface area contributed by atoms with Crippen molar-refractivity contribution in [2.45, 2.75) is 18.9 Å². The molecule has 2 heteroatoms. The second kappa shape index (κ2) is 4.04. The number of fused-ring (bicyclic) bond motifs is 1. The predicted molar refractivity (Wildman–Crippen MR) is 70.2 cm³/mol. The van der Waals surface area contributed by atoms with Crippen molar-refractivity contribution in [1.29, 1.82) is 0 Å². The van der Waals surface area contributed by atoms with Gasteiger partial charge in [-0.3, -0.25) is 0 Å². The standard InChI is InChI=1S/C15H17NO/c1-17-13-9-8-10-4-2-3-5-12(10)14(13)15(16)11-6-7-11/h2-5,8-9,11,15H,6-7,16H2,1H3. The molecule has 0 spiro atoms. The van der Waals surface area contributed by atoms with E-state index in [1.54, 1.807) is 7.11 Å². The van der Waals surface area contributed by atoms with Gasteiger partial charge in [0.1, 0.15) is 5.75 Å². The monoisotopic (exact) mass is 227 g/mol. The number of hydrogen-bond donors (Lipinski definition) is 1. The Bertz CT molecular complexity index is 546. The van der Waals surface area contributed by atoms with Crippen LogP contribution in [0.2, 0.25) is 0 Å². The highest BCUT2D eigenvalue weighted by Gasteiger charge is 2.32. The van der Waals surface area contributed by atoms with E-state index in [4.69, 9.17) is 10.5 Å². The lowest BCUT2D eigenvalue weighted by Crippen LogP contribution is -2.14. The molecule has 1 atom stereocenters. The summed E-state index contributed by atoms with van der Waals surface area (Å²) in [6.45, 7) is 0. The van der Waals surface area contributed by atoms with Crippen molar-refractivity contribution in [2.75, 3.05) is 7.11 Å². The Kier molecular flexibility index (Phi) is 2.52. The maximum Gasteiger partial charge on any atom is 0.124 e. The third-order valence-corrected chi connectivity index (χ3v) is 3.61. The highest BCUT2D eigenvalue weighted by atomic mass is 16.5. The van der Waals surface area contributed by atoms with Crippen molar-refractivity contribution in [3.8, 4) is 5.75 Å². The Morgan fingerprint density at radius 1 is 1.18 bits per heavy atom. The third kappa shape index (κ3) is 1.79. The van der Waals surface area contributed by atoms with Gasteiger partial charge in [-0.2, -0.15) is 0 Å². The van der Waals surface area contributed by atoms with Crippen LogP contribution < -0.4 is 10.5 Å². The number of rotatable bonds is 3. The summed E-state index contributed by atoms with van der Waals surface area (Å²) < 4.78 is 5.47. The van der Waals surface area contributed by atoms with Crippen molar-refractivity contribution < 1.29 is 4.74 Å². The Morgan fingerprint density at radius 3 is 2.65 bits per heavy atom. The van der Waals surface area contributed by atoms with Crippen LogP contribution in [0.4, 0.5) is 0 Å². The van der Waals surface area contributed by atoms with Gasteiger partial charge in [-0.05, 0) is 35.6 Å². The van der Waals surface area contributed by atoms with E-state index in [1.807, 2.05) is 6.07 Å². The predicted octanol–water partition coefficient (Wildman–Crippen LogP) is 3.26. The molecule has 1 saturated carbocycles. The maximum atomic E-state index is 6.36. The third-order valence-electron chi connectivity index (χ3n) is 3.61. The second-order valence-corrected chi connectivity index (χ2v) is 4.77. The van der Waals surface area contributed by atoms with Crippen LogP contribution in [-0.4, -0.2) is 7.11 Å². The van der Waals surface area contributed by atoms with Gasteiger partial charge < -0.3 is 10.5 Å². The second-order valence-electron chi connectivity index (χ2n) is 4.77. The van der Waals surface area contributed by atoms with Crippen LogP contribution >= 0.6 is 0 Å². The Hall–Kier alpha value is -1.54. The van der Waals surface area contributed by atoms with E-state index in [9.17, 15) is 0 Å². The molecule has 0 bridgehead atoms. The molecule has 1 fully saturated rings. The molecule has 3 rings (SSSR count). The maximum absolute atomic E-state index is 6.36. The number of methoxy groups -OCH3 is 1. The summed E-state index contributed by atoms with van der Waals surface area (Å²) in [6.07, 6.45) is 2.49. The molecule has 0 amide bonds. The fraction of sp³-hybridized carbons (Fsp3) is 0.333. The van der Waals surface area contributed by atoms with E-state index in [2.05, 4.69) is 30.3 Å². The summed E-state index contributed by atoms with van der Waals surface area (Å²) in [7, 11) is 1.72. The first kappa shape index (κ1) is 10.6. The molecule has 1 aliphatic rings. The fourth-order valence-electron chi connectivity index (χ4n) is 2.49. The minimum Gasteiger partial charge on any atom is -0.496 e. The molecule has 0 radical (unpaired) electrons. The number of ether oxygens (including phenoxy) is 1. The Balaban J connectivity index is 2.22. The first-order valence-electron chi connectivity index (χ1n) is 6.12. The minimum atomic E-state index is 0.107. The highest BCUT2D eigenvalue weighted by molar-refractivity contribution is 5.88. The van der Waals surface area contributed by atoms with Gasteiger partial charge in [0.25, 0.3) is 0 Å². The van der Waals surface area contributed by atoms with E-state index in [0.717, 1.165) is 5.75 Å². The van der Waals surface area contributed by atoms with Crippen LogP contribution in [0.15, 0.2) is 36.4 Å². The lowest BCUT2D eigenvalue weighted by Gasteiger charge is -2.17. The molecule has 2 aromatic carbocycles. The molecule has 0 aromatic heterocycles. The highest BCUT2D eigenvalue weighted by Crippen LogP contribution is 2.44. The van der Waals surface area contributed by atoms with E-state index in [-0.39, 0.29) is 6.04 Å². The van der Waals surface area contributed by atoms with Gasteiger partial charge >= 0.3 is 0 Å².